The van der Waals surface area contributed by atoms with Crippen LogP contribution in [0.1, 0.15) is 27.4 Å². The zero-order valence-electron chi connectivity index (χ0n) is 17.8. The molecule has 0 aromatic heterocycles. The van der Waals surface area contributed by atoms with Crippen molar-refractivity contribution < 1.29 is 19.0 Å². The number of halogens is 1. The van der Waals surface area contributed by atoms with Gasteiger partial charge in [0, 0.05) is 47.9 Å². The van der Waals surface area contributed by atoms with E-state index in [1.54, 1.807) is 42.3 Å². The topological polar surface area (TPSA) is 53.0 Å². The third kappa shape index (κ3) is 3.36. The second-order valence-corrected chi connectivity index (χ2v) is 8.31. The number of hydrogen-bond acceptors (Lipinski definition) is 4. The molecule has 3 aromatic rings. The number of nitrogens with zero attached hydrogens (tertiary/aromatic N) is 2. The van der Waals surface area contributed by atoms with E-state index in [0.29, 0.717) is 30.0 Å². The maximum Gasteiger partial charge on any atom is 0.258 e. The largest absolute Gasteiger partial charge is 0.497 e. The molecular formula is C26H25FN2O3. The summed E-state index contributed by atoms with van der Waals surface area (Å²) in [5.41, 5.74) is 3.06. The van der Waals surface area contributed by atoms with Gasteiger partial charge in [-0.15, -0.1) is 0 Å². The molecule has 0 saturated carbocycles. The van der Waals surface area contributed by atoms with Gasteiger partial charge >= 0.3 is 0 Å². The van der Waals surface area contributed by atoms with Crippen LogP contribution in [0.3, 0.4) is 0 Å². The number of aliphatic hydroxyl groups excluding tert-OH is 1. The van der Waals surface area contributed by atoms with Gasteiger partial charge in [0.15, 0.2) is 0 Å². The molecule has 5 rings (SSSR count). The molecule has 2 heterocycles. The monoisotopic (exact) mass is 432 g/mol. The van der Waals surface area contributed by atoms with Crippen molar-refractivity contribution >= 4 is 11.6 Å². The lowest BCUT2D eigenvalue weighted by molar-refractivity contribution is -0.0494. The summed E-state index contributed by atoms with van der Waals surface area (Å²) in [6.07, 6.45) is 0. The van der Waals surface area contributed by atoms with E-state index in [9.17, 15) is 14.3 Å². The van der Waals surface area contributed by atoms with Crippen molar-refractivity contribution in [3.63, 3.8) is 0 Å². The molecule has 2 aliphatic heterocycles. The van der Waals surface area contributed by atoms with E-state index in [4.69, 9.17) is 4.74 Å². The third-order valence-electron chi connectivity index (χ3n) is 6.70. The average Bonchev–Trinajstić information content (AvgIpc) is 2.83. The van der Waals surface area contributed by atoms with Gasteiger partial charge in [0.05, 0.1) is 13.7 Å². The predicted molar refractivity (Wildman–Crippen MR) is 120 cm³/mol. The number of para-hydroxylation sites is 1. The molecule has 2 aliphatic rings. The van der Waals surface area contributed by atoms with E-state index in [0.717, 1.165) is 11.3 Å². The first-order chi connectivity index (χ1) is 15.6. The van der Waals surface area contributed by atoms with Crippen LogP contribution in [0.25, 0.3) is 0 Å². The number of hydrogen-bond donors (Lipinski definition) is 1. The third-order valence-corrected chi connectivity index (χ3v) is 6.70. The van der Waals surface area contributed by atoms with Crippen LogP contribution in [0.15, 0.2) is 72.8 Å². The van der Waals surface area contributed by atoms with E-state index in [1.807, 2.05) is 36.4 Å². The highest BCUT2D eigenvalue weighted by Crippen LogP contribution is 2.49. The van der Waals surface area contributed by atoms with Crippen LogP contribution in [0.2, 0.25) is 0 Å². The molecule has 164 valence electrons. The van der Waals surface area contributed by atoms with Crippen molar-refractivity contribution in [1.82, 2.24) is 4.90 Å². The Morgan fingerprint density at radius 1 is 1.09 bits per heavy atom. The molecule has 1 fully saturated rings. The van der Waals surface area contributed by atoms with Gasteiger partial charge in [0.1, 0.15) is 11.6 Å². The van der Waals surface area contributed by atoms with Crippen molar-refractivity contribution in [2.45, 2.75) is 24.5 Å². The van der Waals surface area contributed by atoms with Crippen LogP contribution in [0, 0.1) is 5.82 Å². The SMILES string of the molecule is COc1cccc(C(=O)N2C[C@H]3[C@@H](c4ccccc42)[C@@H](CO)N3Cc2ccccc2F)c1. The van der Waals surface area contributed by atoms with Crippen LogP contribution in [0.5, 0.6) is 5.75 Å². The molecule has 1 saturated heterocycles. The number of fused-ring (bicyclic) bond motifs is 3. The summed E-state index contributed by atoms with van der Waals surface area (Å²) in [7, 11) is 1.58. The number of amides is 1. The van der Waals surface area contributed by atoms with E-state index in [-0.39, 0.29) is 36.3 Å². The first kappa shape index (κ1) is 20.7. The highest BCUT2D eigenvalue weighted by molar-refractivity contribution is 6.07. The second kappa shape index (κ2) is 8.37. The Hall–Kier alpha value is -3.22. The van der Waals surface area contributed by atoms with Crippen LogP contribution in [-0.2, 0) is 6.54 Å². The van der Waals surface area contributed by atoms with Crippen LogP contribution in [-0.4, -0.2) is 48.3 Å². The molecule has 1 N–H and O–H groups in total. The molecule has 5 nitrogen and oxygen atoms in total. The fourth-order valence-electron chi connectivity index (χ4n) is 5.13. The molecule has 6 heteroatoms. The lowest BCUT2D eigenvalue weighted by Crippen LogP contribution is -2.68. The quantitative estimate of drug-likeness (QED) is 0.666. The number of rotatable bonds is 5. The van der Waals surface area contributed by atoms with E-state index in [1.165, 1.54) is 6.07 Å². The zero-order valence-corrected chi connectivity index (χ0v) is 17.8. The van der Waals surface area contributed by atoms with E-state index in [2.05, 4.69) is 4.90 Å². The highest BCUT2D eigenvalue weighted by atomic mass is 19.1. The van der Waals surface area contributed by atoms with Crippen molar-refractivity contribution in [2.75, 3.05) is 25.2 Å². The molecule has 0 unspecified atom stereocenters. The van der Waals surface area contributed by atoms with Crippen molar-refractivity contribution in [3.05, 3.63) is 95.3 Å². The Bertz CT molecular complexity index is 1150. The summed E-state index contributed by atoms with van der Waals surface area (Å²) >= 11 is 0. The zero-order chi connectivity index (χ0) is 22.2. The fraction of sp³-hybridized carbons (Fsp3) is 0.269. The van der Waals surface area contributed by atoms with Gasteiger partial charge in [-0.25, -0.2) is 4.39 Å². The highest BCUT2D eigenvalue weighted by Gasteiger charge is 2.53. The van der Waals surface area contributed by atoms with Crippen molar-refractivity contribution in [3.8, 4) is 5.75 Å². The van der Waals surface area contributed by atoms with Crippen LogP contribution in [0.4, 0.5) is 10.1 Å². The Kier molecular flexibility index (Phi) is 5.41. The number of carbonyl (C=O) groups excluding carboxylic acids is 1. The Labute approximate surface area is 186 Å². The first-order valence-corrected chi connectivity index (χ1v) is 10.8. The number of anilines is 1. The summed E-state index contributed by atoms with van der Waals surface area (Å²) < 4.78 is 19.6. The molecular weight excluding hydrogens is 407 g/mol. The van der Waals surface area contributed by atoms with Crippen molar-refractivity contribution in [2.24, 2.45) is 0 Å². The van der Waals surface area contributed by atoms with Gasteiger partial charge in [-0.05, 0) is 35.9 Å². The maximum atomic E-state index is 14.3. The second-order valence-electron chi connectivity index (χ2n) is 8.31. The number of aliphatic hydroxyl groups is 1. The molecule has 0 spiro atoms. The Balaban J connectivity index is 1.50. The molecule has 1 amide bonds. The number of carbonyl (C=O) groups is 1. The Morgan fingerprint density at radius 2 is 1.88 bits per heavy atom. The smallest absolute Gasteiger partial charge is 0.258 e. The molecule has 3 aromatic carbocycles. The van der Waals surface area contributed by atoms with Crippen LogP contribution < -0.4 is 9.64 Å². The fourth-order valence-corrected chi connectivity index (χ4v) is 5.13. The molecule has 32 heavy (non-hydrogen) atoms. The Morgan fingerprint density at radius 3 is 2.66 bits per heavy atom. The van der Waals surface area contributed by atoms with Gasteiger partial charge < -0.3 is 14.7 Å². The minimum absolute atomic E-state index is 0.00351. The summed E-state index contributed by atoms with van der Waals surface area (Å²) in [5, 5.41) is 10.1. The minimum Gasteiger partial charge on any atom is -0.497 e. The number of ether oxygens (including phenoxy) is 1. The first-order valence-electron chi connectivity index (χ1n) is 10.8. The van der Waals surface area contributed by atoms with Gasteiger partial charge in [-0.3, -0.25) is 9.69 Å². The van der Waals surface area contributed by atoms with Crippen LogP contribution >= 0.6 is 0 Å². The summed E-state index contributed by atoms with van der Waals surface area (Å²) in [6.45, 7) is 0.846. The lowest BCUT2D eigenvalue weighted by Gasteiger charge is -2.59. The number of methoxy groups -OCH3 is 1. The summed E-state index contributed by atoms with van der Waals surface area (Å²) in [6, 6.07) is 21.6. The lowest BCUT2D eigenvalue weighted by atomic mass is 9.71. The summed E-state index contributed by atoms with van der Waals surface area (Å²) in [5.74, 6) is 0.364. The normalized spacial score (nSPS) is 22.0. The molecule has 0 radical (unpaired) electrons. The number of benzene rings is 3. The van der Waals surface area contributed by atoms with E-state index < -0.39 is 0 Å². The molecule has 0 bridgehead atoms. The van der Waals surface area contributed by atoms with Gasteiger partial charge in [-0.2, -0.15) is 0 Å². The van der Waals surface area contributed by atoms with E-state index >= 15 is 0 Å². The predicted octanol–water partition coefficient (Wildman–Crippen LogP) is 3.82. The summed E-state index contributed by atoms with van der Waals surface area (Å²) in [4.78, 5) is 17.4. The maximum absolute atomic E-state index is 14.3. The molecule has 3 atom stereocenters. The van der Waals surface area contributed by atoms with Gasteiger partial charge in [-0.1, -0.05) is 42.5 Å². The minimum atomic E-state index is -0.256. The average molecular weight is 432 g/mol. The number of likely N-dealkylation sites (tertiary alicyclic amines) is 1. The van der Waals surface area contributed by atoms with Crippen molar-refractivity contribution in [1.29, 1.82) is 0 Å². The van der Waals surface area contributed by atoms with Gasteiger partial charge in [0.2, 0.25) is 0 Å². The van der Waals surface area contributed by atoms with Gasteiger partial charge in [0.25, 0.3) is 5.91 Å². The standard InChI is InChI=1S/C26H25FN2O3/c1-32-19-9-6-8-17(13-19)26(31)29-15-23-25(20-10-3-5-12-22(20)29)24(16-30)28(23)14-18-7-2-4-11-21(18)27/h2-13,23-25,30H,14-16H2,1H3/t23-,24+,25+/m0/s1. The molecule has 0 aliphatic carbocycles.